The highest BCUT2D eigenvalue weighted by Crippen LogP contribution is 2.27. The number of hydrogen-bond donors (Lipinski definition) is 1. The predicted molar refractivity (Wildman–Crippen MR) is 74.0 cm³/mol. The summed E-state index contributed by atoms with van der Waals surface area (Å²) in [6.07, 6.45) is -2.06. The Morgan fingerprint density at radius 1 is 1.23 bits per heavy atom. The summed E-state index contributed by atoms with van der Waals surface area (Å²) in [5, 5.41) is 6.05. The van der Waals surface area contributed by atoms with Crippen molar-refractivity contribution in [1.29, 1.82) is 0 Å². The summed E-state index contributed by atoms with van der Waals surface area (Å²) < 4.78 is 51.6. The molecule has 0 aliphatic heterocycles. The van der Waals surface area contributed by atoms with Gasteiger partial charge in [0.2, 0.25) is 5.91 Å². The quantitative estimate of drug-likeness (QED) is 0.551. The molecular weight excluding hydrogens is 302 g/mol. The summed E-state index contributed by atoms with van der Waals surface area (Å²) >= 11 is 0. The minimum atomic E-state index is -2.97. The highest BCUT2D eigenvalue weighted by Gasteiger charge is 2.26. The molecule has 0 aliphatic rings. The van der Waals surface area contributed by atoms with Gasteiger partial charge in [-0.05, 0) is 19.4 Å². The second kappa shape index (κ2) is 8.75. The van der Waals surface area contributed by atoms with E-state index < -0.39 is 36.2 Å². The third-order valence-corrected chi connectivity index (χ3v) is 3.31. The molecule has 1 heterocycles. The summed E-state index contributed by atoms with van der Waals surface area (Å²) in [6, 6.07) is -0.428. The fourth-order valence-electron chi connectivity index (χ4n) is 2.03. The van der Waals surface area contributed by atoms with Gasteiger partial charge in [0.25, 0.3) is 12.9 Å². The topological polar surface area (TPSA) is 46.9 Å². The van der Waals surface area contributed by atoms with Crippen molar-refractivity contribution in [2.45, 2.75) is 58.4 Å². The molecule has 4 nitrogen and oxygen atoms in total. The van der Waals surface area contributed by atoms with Crippen LogP contribution >= 0.6 is 0 Å². The van der Waals surface area contributed by atoms with E-state index >= 15 is 0 Å². The van der Waals surface area contributed by atoms with E-state index in [1.807, 2.05) is 0 Å². The van der Waals surface area contributed by atoms with Crippen molar-refractivity contribution in [2.75, 3.05) is 6.54 Å². The Bertz CT molecular complexity index is 477. The lowest BCUT2D eigenvalue weighted by atomic mass is 10.2. The van der Waals surface area contributed by atoms with Crippen molar-refractivity contribution in [3.63, 3.8) is 0 Å². The average molecular weight is 323 g/mol. The van der Waals surface area contributed by atoms with Crippen LogP contribution in [-0.2, 0) is 4.79 Å². The SMILES string of the molecule is CCCCCCNC(=O)C(C)n1nc(C(F)F)cc1C(F)F. The molecule has 0 radical (unpaired) electrons. The second-order valence-corrected chi connectivity index (χ2v) is 5.07. The van der Waals surface area contributed by atoms with Gasteiger partial charge < -0.3 is 5.32 Å². The molecule has 1 N–H and O–H groups in total. The van der Waals surface area contributed by atoms with Crippen LogP contribution in [0.3, 0.4) is 0 Å². The third kappa shape index (κ3) is 4.99. The number of halogens is 4. The zero-order valence-electron chi connectivity index (χ0n) is 12.7. The normalized spacial score (nSPS) is 12.9. The van der Waals surface area contributed by atoms with E-state index in [4.69, 9.17) is 0 Å². The zero-order valence-corrected chi connectivity index (χ0v) is 12.7. The number of hydrogen-bond acceptors (Lipinski definition) is 2. The Kier molecular flexibility index (Phi) is 7.34. The van der Waals surface area contributed by atoms with Gasteiger partial charge in [-0.2, -0.15) is 5.10 Å². The van der Waals surface area contributed by atoms with Gasteiger partial charge in [-0.15, -0.1) is 0 Å². The molecule has 0 bridgehead atoms. The fraction of sp³-hybridized carbons (Fsp3) is 0.714. The van der Waals surface area contributed by atoms with E-state index in [1.165, 1.54) is 6.92 Å². The van der Waals surface area contributed by atoms with Crippen molar-refractivity contribution in [2.24, 2.45) is 0 Å². The highest BCUT2D eigenvalue weighted by atomic mass is 19.3. The summed E-state index contributed by atoms with van der Waals surface area (Å²) in [5.74, 6) is -0.512. The first-order valence-corrected chi connectivity index (χ1v) is 7.31. The molecular formula is C14H21F4N3O. The minimum Gasteiger partial charge on any atom is -0.354 e. The lowest BCUT2D eigenvalue weighted by Gasteiger charge is -2.15. The molecule has 1 unspecified atom stereocenters. The highest BCUT2D eigenvalue weighted by molar-refractivity contribution is 5.79. The van der Waals surface area contributed by atoms with Gasteiger partial charge in [-0.1, -0.05) is 26.2 Å². The lowest BCUT2D eigenvalue weighted by Crippen LogP contribution is -2.33. The van der Waals surface area contributed by atoms with Gasteiger partial charge in [0.15, 0.2) is 0 Å². The monoisotopic (exact) mass is 323 g/mol. The summed E-state index contributed by atoms with van der Waals surface area (Å²) in [5.41, 5.74) is -1.43. The standard InChI is InChI=1S/C14H21F4N3O/c1-3-4-5-6-7-19-14(22)9(2)21-11(13(17)18)8-10(20-21)12(15)16/h8-9,12-13H,3-7H2,1-2H3,(H,19,22). The molecule has 1 amide bonds. The van der Waals surface area contributed by atoms with Crippen LogP contribution in [-0.4, -0.2) is 22.2 Å². The summed E-state index contributed by atoms with van der Waals surface area (Å²) in [4.78, 5) is 11.9. The first-order valence-electron chi connectivity index (χ1n) is 7.31. The molecule has 22 heavy (non-hydrogen) atoms. The zero-order chi connectivity index (χ0) is 16.7. The van der Waals surface area contributed by atoms with Gasteiger partial charge in [0.05, 0.1) is 0 Å². The Labute approximate surface area is 126 Å². The van der Waals surface area contributed by atoms with Crippen LogP contribution in [0.15, 0.2) is 6.07 Å². The Morgan fingerprint density at radius 3 is 2.45 bits per heavy atom. The Hall–Kier alpha value is -1.60. The summed E-state index contributed by atoms with van der Waals surface area (Å²) in [7, 11) is 0. The molecule has 0 aromatic carbocycles. The largest absolute Gasteiger partial charge is 0.354 e. The number of alkyl halides is 4. The maximum absolute atomic E-state index is 12.9. The molecule has 0 saturated heterocycles. The number of amides is 1. The maximum atomic E-state index is 12.9. The first kappa shape index (κ1) is 18.4. The number of aromatic nitrogens is 2. The van der Waals surface area contributed by atoms with E-state index in [1.54, 1.807) is 0 Å². The van der Waals surface area contributed by atoms with Gasteiger partial charge in [-0.25, -0.2) is 17.6 Å². The maximum Gasteiger partial charge on any atom is 0.282 e. The van der Waals surface area contributed by atoms with Crippen LogP contribution in [0.4, 0.5) is 17.6 Å². The van der Waals surface area contributed by atoms with Crippen LogP contribution in [0.2, 0.25) is 0 Å². The van der Waals surface area contributed by atoms with Crippen molar-refractivity contribution < 1.29 is 22.4 Å². The molecule has 1 aromatic heterocycles. The third-order valence-electron chi connectivity index (χ3n) is 3.31. The molecule has 0 saturated carbocycles. The molecule has 0 aliphatic carbocycles. The average Bonchev–Trinajstić information content (AvgIpc) is 2.91. The molecule has 1 aromatic rings. The van der Waals surface area contributed by atoms with E-state index in [0.29, 0.717) is 17.3 Å². The van der Waals surface area contributed by atoms with Crippen LogP contribution in [0.25, 0.3) is 0 Å². The van der Waals surface area contributed by atoms with E-state index in [0.717, 1.165) is 25.7 Å². The molecule has 8 heteroatoms. The van der Waals surface area contributed by atoms with Gasteiger partial charge in [0.1, 0.15) is 17.4 Å². The molecule has 0 fully saturated rings. The number of unbranched alkanes of at least 4 members (excludes halogenated alkanes) is 3. The van der Waals surface area contributed by atoms with Crippen LogP contribution in [0.1, 0.15) is 69.8 Å². The molecule has 0 spiro atoms. The number of rotatable bonds is 9. The smallest absolute Gasteiger partial charge is 0.282 e. The van der Waals surface area contributed by atoms with Crippen LogP contribution in [0, 0.1) is 0 Å². The number of nitrogens with zero attached hydrogens (tertiary/aromatic N) is 2. The fourth-order valence-corrected chi connectivity index (χ4v) is 2.03. The summed E-state index contributed by atoms with van der Waals surface area (Å²) in [6.45, 7) is 3.84. The van der Waals surface area contributed by atoms with E-state index in [2.05, 4.69) is 17.3 Å². The number of carbonyl (C=O) groups is 1. The number of nitrogens with one attached hydrogen (secondary N) is 1. The lowest BCUT2D eigenvalue weighted by molar-refractivity contribution is -0.124. The minimum absolute atomic E-state index is 0.427. The van der Waals surface area contributed by atoms with Gasteiger partial charge >= 0.3 is 0 Å². The van der Waals surface area contributed by atoms with Gasteiger partial charge in [-0.3, -0.25) is 9.48 Å². The van der Waals surface area contributed by atoms with Gasteiger partial charge in [0, 0.05) is 6.54 Å². The van der Waals surface area contributed by atoms with E-state index in [-0.39, 0.29) is 0 Å². The molecule has 1 atom stereocenters. The Morgan fingerprint density at radius 2 is 1.91 bits per heavy atom. The van der Waals surface area contributed by atoms with Crippen molar-refractivity contribution in [1.82, 2.24) is 15.1 Å². The van der Waals surface area contributed by atoms with Crippen molar-refractivity contribution in [3.05, 3.63) is 17.5 Å². The van der Waals surface area contributed by atoms with Crippen molar-refractivity contribution in [3.8, 4) is 0 Å². The molecule has 1 rings (SSSR count). The van der Waals surface area contributed by atoms with Crippen molar-refractivity contribution >= 4 is 5.91 Å². The van der Waals surface area contributed by atoms with E-state index in [9.17, 15) is 22.4 Å². The van der Waals surface area contributed by atoms with Crippen LogP contribution in [0.5, 0.6) is 0 Å². The Balaban J connectivity index is 2.70. The molecule has 126 valence electrons. The predicted octanol–water partition coefficient (Wildman–Crippen LogP) is 4.02. The second-order valence-electron chi connectivity index (χ2n) is 5.07. The van der Waals surface area contributed by atoms with Crippen LogP contribution < -0.4 is 5.32 Å². The number of carbonyl (C=O) groups excluding carboxylic acids is 1. The first-order chi connectivity index (χ1) is 10.4.